The summed E-state index contributed by atoms with van der Waals surface area (Å²) in [6.07, 6.45) is 5.77. The van der Waals surface area contributed by atoms with E-state index < -0.39 is 0 Å². The van der Waals surface area contributed by atoms with Crippen LogP contribution < -0.4 is 5.32 Å². The van der Waals surface area contributed by atoms with E-state index in [0.29, 0.717) is 13.2 Å². The maximum atomic E-state index is 11.5. The van der Waals surface area contributed by atoms with E-state index in [1.807, 2.05) is 21.6 Å². The summed E-state index contributed by atoms with van der Waals surface area (Å²) >= 11 is 0. The average Bonchev–Trinajstić information content (AvgIpc) is 3.05. The number of amides is 1. The fourth-order valence-electron chi connectivity index (χ4n) is 2.57. The third-order valence-corrected chi connectivity index (χ3v) is 6.94. The van der Waals surface area contributed by atoms with E-state index in [2.05, 4.69) is 10.2 Å². The summed E-state index contributed by atoms with van der Waals surface area (Å²) in [7, 11) is 4.04. The third-order valence-electron chi connectivity index (χ3n) is 3.93. The van der Waals surface area contributed by atoms with Gasteiger partial charge in [-0.2, -0.15) is 0 Å². The van der Waals surface area contributed by atoms with Crippen LogP contribution in [-0.2, 0) is 9.47 Å². The molecule has 7 heteroatoms. The van der Waals surface area contributed by atoms with E-state index in [0.717, 1.165) is 50.9 Å². The van der Waals surface area contributed by atoms with Gasteiger partial charge in [0.05, 0.1) is 19.8 Å². The van der Waals surface area contributed by atoms with Crippen LogP contribution in [0, 0.1) is 0 Å². The molecule has 0 radical (unpaired) electrons. The molecule has 2 fully saturated rings. The number of hydrogen-bond donors (Lipinski definition) is 1. The number of nitrogens with one attached hydrogen (secondary N) is 1. The minimum Gasteiger partial charge on any atom is -0.450 e. The predicted octanol–water partition coefficient (Wildman–Crippen LogP) is 2.76. The van der Waals surface area contributed by atoms with Crippen LogP contribution in [0.5, 0.6) is 0 Å². The quantitative estimate of drug-likeness (QED) is 0.511. The summed E-state index contributed by atoms with van der Waals surface area (Å²) in [5.74, 6) is 1.31. The van der Waals surface area contributed by atoms with E-state index in [1.54, 1.807) is 0 Å². The number of carbonyl (C=O) groups excluding carboxylic acids is 1. The number of nitrogens with zero attached hydrogens (tertiary/aromatic N) is 1. The molecule has 0 aromatic heterocycles. The maximum Gasteiger partial charge on any atom is 0.407 e. The number of rotatable bonds is 9. The van der Waals surface area contributed by atoms with Crippen molar-refractivity contribution in [3.63, 3.8) is 0 Å². The Labute approximate surface area is 141 Å². The van der Waals surface area contributed by atoms with Crippen molar-refractivity contribution < 1.29 is 14.3 Å². The van der Waals surface area contributed by atoms with Gasteiger partial charge in [-0.25, -0.2) is 4.79 Å². The Hall–Kier alpha value is -0.110. The number of alkyl carbamates (subject to hydrolysis) is 1. The lowest BCUT2D eigenvalue weighted by molar-refractivity contribution is 0.0383. The van der Waals surface area contributed by atoms with Gasteiger partial charge in [0.1, 0.15) is 0 Å². The van der Waals surface area contributed by atoms with Crippen molar-refractivity contribution in [2.24, 2.45) is 0 Å². The number of morpholine rings is 1. The molecule has 0 bridgehead atoms. The van der Waals surface area contributed by atoms with Gasteiger partial charge in [-0.15, -0.1) is 0 Å². The van der Waals surface area contributed by atoms with Crippen molar-refractivity contribution in [1.29, 1.82) is 0 Å². The molecule has 2 saturated heterocycles. The first-order chi connectivity index (χ1) is 10.8. The van der Waals surface area contributed by atoms with Gasteiger partial charge in [0.15, 0.2) is 0 Å². The molecule has 5 nitrogen and oxygen atoms in total. The minimum absolute atomic E-state index is 0.281. The first-order valence-corrected chi connectivity index (χ1v) is 10.7. The fourth-order valence-corrected chi connectivity index (χ4v) is 5.60. The van der Waals surface area contributed by atoms with E-state index >= 15 is 0 Å². The van der Waals surface area contributed by atoms with Gasteiger partial charge < -0.3 is 14.8 Å². The van der Waals surface area contributed by atoms with Gasteiger partial charge in [0.25, 0.3) is 0 Å². The van der Waals surface area contributed by atoms with Crippen LogP contribution in [0.25, 0.3) is 0 Å². The normalized spacial score (nSPS) is 22.6. The van der Waals surface area contributed by atoms with Crippen LogP contribution in [0.15, 0.2) is 0 Å². The predicted molar refractivity (Wildman–Crippen MR) is 93.5 cm³/mol. The van der Waals surface area contributed by atoms with Crippen molar-refractivity contribution >= 4 is 27.7 Å². The Morgan fingerprint density at radius 1 is 1.27 bits per heavy atom. The molecule has 2 aliphatic rings. The van der Waals surface area contributed by atoms with Crippen LogP contribution in [0.2, 0.25) is 0 Å². The lowest BCUT2D eigenvalue weighted by atomic mass is 10.1. The smallest absolute Gasteiger partial charge is 0.407 e. The zero-order valence-electron chi connectivity index (χ0n) is 13.3. The number of hydrogen-bond acceptors (Lipinski definition) is 6. The molecule has 1 atom stereocenters. The maximum absolute atomic E-state index is 11.5. The number of unbranched alkanes of at least 4 members (excludes halogenated alkanes) is 2. The topological polar surface area (TPSA) is 50.8 Å². The Morgan fingerprint density at radius 3 is 2.91 bits per heavy atom. The lowest BCUT2D eigenvalue weighted by Gasteiger charge is -2.26. The Balaban J connectivity index is 1.36. The summed E-state index contributed by atoms with van der Waals surface area (Å²) in [5, 5.41) is 3.67. The number of carbonyl (C=O) groups is 1. The molecular formula is C15H28N2O3S2. The molecule has 0 spiro atoms. The van der Waals surface area contributed by atoms with Crippen molar-refractivity contribution in [3.05, 3.63) is 0 Å². The molecule has 1 amide bonds. The Morgan fingerprint density at radius 2 is 2.14 bits per heavy atom. The molecule has 1 N–H and O–H groups in total. The van der Waals surface area contributed by atoms with Crippen molar-refractivity contribution in [2.75, 3.05) is 51.8 Å². The number of ether oxygens (including phenoxy) is 2. The molecule has 0 aromatic rings. The summed E-state index contributed by atoms with van der Waals surface area (Å²) < 4.78 is 10.5. The second-order valence-corrected chi connectivity index (χ2v) is 8.48. The zero-order valence-corrected chi connectivity index (χ0v) is 14.9. The molecule has 0 saturated carbocycles. The minimum atomic E-state index is -0.281. The van der Waals surface area contributed by atoms with E-state index in [-0.39, 0.29) is 6.09 Å². The first kappa shape index (κ1) is 18.2. The molecule has 0 aliphatic carbocycles. The van der Waals surface area contributed by atoms with Gasteiger partial charge in [0, 0.05) is 37.2 Å². The highest BCUT2D eigenvalue weighted by atomic mass is 33.1. The Kier molecular flexibility index (Phi) is 9.47. The summed E-state index contributed by atoms with van der Waals surface area (Å²) in [5.41, 5.74) is 0. The van der Waals surface area contributed by atoms with Crippen LogP contribution in [0.3, 0.4) is 0 Å². The van der Waals surface area contributed by atoms with E-state index in [4.69, 9.17) is 9.47 Å². The third kappa shape index (κ3) is 7.94. The van der Waals surface area contributed by atoms with Gasteiger partial charge in [0.2, 0.25) is 0 Å². The summed E-state index contributed by atoms with van der Waals surface area (Å²) in [6.45, 7) is 5.55. The van der Waals surface area contributed by atoms with Gasteiger partial charge >= 0.3 is 6.09 Å². The molecule has 2 aliphatic heterocycles. The van der Waals surface area contributed by atoms with Gasteiger partial charge in [-0.05, 0) is 19.3 Å². The van der Waals surface area contributed by atoms with Crippen LogP contribution >= 0.6 is 21.6 Å². The molecule has 2 heterocycles. The van der Waals surface area contributed by atoms with Crippen molar-refractivity contribution in [1.82, 2.24) is 10.2 Å². The Bertz CT molecular complexity index is 309. The molecule has 128 valence electrons. The monoisotopic (exact) mass is 348 g/mol. The summed E-state index contributed by atoms with van der Waals surface area (Å²) in [6, 6.07) is 0. The second kappa shape index (κ2) is 11.4. The molecular weight excluding hydrogens is 320 g/mol. The first-order valence-electron chi connectivity index (χ1n) is 8.33. The summed E-state index contributed by atoms with van der Waals surface area (Å²) in [4.78, 5) is 13.8. The average molecular weight is 349 g/mol. The molecule has 0 aromatic carbocycles. The zero-order chi connectivity index (χ0) is 15.5. The fraction of sp³-hybridized carbons (Fsp3) is 0.933. The van der Waals surface area contributed by atoms with Gasteiger partial charge in [-0.3, -0.25) is 4.90 Å². The standard InChI is InChI=1S/C15H28N2O3S2/c18-15(16-6-7-17-8-11-19-12-9-17)20-10-3-1-2-4-14-5-13-21-22-14/h14H,1-13H2,(H,16,18). The molecule has 22 heavy (non-hydrogen) atoms. The largest absolute Gasteiger partial charge is 0.450 e. The van der Waals surface area contributed by atoms with Crippen molar-refractivity contribution in [2.45, 2.75) is 37.4 Å². The van der Waals surface area contributed by atoms with Crippen molar-refractivity contribution in [3.8, 4) is 0 Å². The molecule has 1 unspecified atom stereocenters. The van der Waals surface area contributed by atoms with Crippen LogP contribution in [0.4, 0.5) is 4.79 Å². The van der Waals surface area contributed by atoms with Gasteiger partial charge in [-0.1, -0.05) is 34.4 Å². The SMILES string of the molecule is O=C(NCCN1CCOCC1)OCCCCCC1CCSS1. The highest BCUT2D eigenvalue weighted by molar-refractivity contribution is 8.77. The highest BCUT2D eigenvalue weighted by Crippen LogP contribution is 2.39. The molecule has 2 rings (SSSR count). The highest BCUT2D eigenvalue weighted by Gasteiger charge is 2.15. The second-order valence-electron chi connectivity index (χ2n) is 5.69. The lowest BCUT2D eigenvalue weighted by Crippen LogP contribution is -2.41. The van der Waals surface area contributed by atoms with E-state index in [1.165, 1.54) is 25.0 Å². The van der Waals surface area contributed by atoms with Crippen LogP contribution in [-0.4, -0.2) is 68.0 Å². The van der Waals surface area contributed by atoms with E-state index in [9.17, 15) is 4.79 Å². The van der Waals surface area contributed by atoms with Crippen LogP contribution in [0.1, 0.15) is 32.1 Å².